The number of benzene rings is 2. The van der Waals surface area contributed by atoms with E-state index in [1.807, 2.05) is 0 Å². The molecule has 0 aliphatic carbocycles. The summed E-state index contributed by atoms with van der Waals surface area (Å²) >= 11 is 6.08. The average Bonchev–Trinajstić information content (AvgIpc) is 2.80. The van der Waals surface area contributed by atoms with Gasteiger partial charge in [0.15, 0.2) is 0 Å². The molecule has 1 aliphatic heterocycles. The molecule has 0 fully saturated rings. The van der Waals surface area contributed by atoms with Crippen LogP contribution < -0.4 is 15.5 Å². The number of hydrogen-bond acceptors (Lipinski definition) is 5. The highest BCUT2D eigenvalue weighted by Crippen LogP contribution is 2.30. The van der Waals surface area contributed by atoms with E-state index in [4.69, 9.17) is 16.3 Å². The summed E-state index contributed by atoms with van der Waals surface area (Å²) in [4.78, 5) is 38.6. The van der Waals surface area contributed by atoms with Gasteiger partial charge in [0, 0.05) is 11.8 Å². The molecule has 1 heterocycles. The van der Waals surface area contributed by atoms with E-state index >= 15 is 0 Å². The van der Waals surface area contributed by atoms with Gasteiger partial charge in [0.1, 0.15) is 6.54 Å². The predicted molar refractivity (Wildman–Crippen MR) is 112 cm³/mol. The van der Waals surface area contributed by atoms with E-state index in [1.165, 1.54) is 11.0 Å². The minimum Gasteiger partial charge on any atom is -0.466 e. The Morgan fingerprint density at radius 2 is 1.86 bits per heavy atom. The van der Waals surface area contributed by atoms with Gasteiger partial charge in [0.25, 0.3) is 5.91 Å². The number of rotatable bonds is 6. The quantitative estimate of drug-likeness (QED) is 0.707. The zero-order valence-corrected chi connectivity index (χ0v) is 16.5. The first-order valence-electron chi connectivity index (χ1n) is 9.06. The van der Waals surface area contributed by atoms with Crippen LogP contribution in [-0.2, 0) is 19.1 Å². The Bertz CT molecular complexity index is 974. The third kappa shape index (κ3) is 5.14. The van der Waals surface area contributed by atoms with Crippen molar-refractivity contribution in [3.63, 3.8) is 0 Å². The predicted octanol–water partition coefficient (Wildman–Crippen LogP) is 3.57. The Morgan fingerprint density at radius 3 is 2.62 bits per heavy atom. The van der Waals surface area contributed by atoms with Crippen LogP contribution in [0.25, 0.3) is 0 Å². The van der Waals surface area contributed by atoms with Gasteiger partial charge in [-0.2, -0.15) is 0 Å². The maximum atomic E-state index is 12.8. The van der Waals surface area contributed by atoms with Crippen LogP contribution in [-0.4, -0.2) is 30.9 Å². The van der Waals surface area contributed by atoms with Crippen LogP contribution in [0.5, 0.6) is 0 Å². The number of carbonyl (C=O) groups is 3. The Kier molecular flexibility index (Phi) is 6.51. The van der Waals surface area contributed by atoms with Crippen LogP contribution in [0.2, 0.25) is 5.02 Å². The number of fused-ring (bicyclic) bond motifs is 1. The number of anilines is 3. The Morgan fingerprint density at radius 1 is 1.14 bits per heavy atom. The van der Waals surface area contributed by atoms with Crippen LogP contribution in [0.3, 0.4) is 0 Å². The number of carbonyl (C=O) groups excluding carboxylic acids is 3. The van der Waals surface area contributed by atoms with Crippen molar-refractivity contribution < 1.29 is 19.1 Å². The summed E-state index contributed by atoms with van der Waals surface area (Å²) in [5.74, 6) is -1.26. The normalized spacial score (nSPS) is 13.0. The van der Waals surface area contributed by atoms with Crippen LogP contribution in [0.1, 0.15) is 13.3 Å². The lowest BCUT2D eigenvalue weighted by Crippen LogP contribution is -2.37. The molecule has 0 atom stereocenters. The molecule has 7 nitrogen and oxygen atoms in total. The fourth-order valence-corrected chi connectivity index (χ4v) is 3.07. The molecule has 2 aromatic carbocycles. The number of amides is 2. The maximum Gasteiger partial charge on any atom is 0.311 e. The number of nitrogens with one attached hydrogen (secondary N) is 2. The molecule has 150 valence electrons. The first-order valence-corrected chi connectivity index (χ1v) is 9.44. The van der Waals surface area contributed by atoms with Gasteiger partial charge in [0.2, 0.25) is 5.91 Å². The second-order valence-corrected chi connectivity index (χ2v) is 6.65. The van der Waals surface area contributed by atoms with Crippen molar-refractivity contribution in [1.29, 1.82) is 0 Å². The van der Waals surface area contributed by atoms with Crippen molar-refractivity contribution in [3.05, 3.63) is 65.3 Å². The van der Waals surface area contributed by atoms with Crippen LogP contribution in [0.15, 0.2) is 60.3 Å². The van der Waals surface area contributed by atoms with Crippen LogP contribution >= 0.6 is 11.6 Å². The molecule has 3 rings (SSSR count). The number of hydrogen-bond donors (Lipinski definition) is 2. The molecule has 8 heteroatoms. The average molecular weight is 414 g/mol. The zero-order valence-electron chi connectivity index (χ0n) is 15.8. The smallest absolute Gasteiger partial charge is 0.311 e. The molecule has 0 saturated carbocycles. The summed E-state index contributed by atoms with van der Waals surface area (Å²) in [7, 11) is 0. The third-order valence-electron chi connectivity index (χ3n) is 4.14. The molecule has 2 aromatic rings. The SMILES string of the molecule is CCOC(=O)CC1=CC(=O)N(CC(=O)Nc2ccccc2Cl)c2ccccc2N1. The topological polar surface area (TPSA) is 87.7 Å². The molecule has 0 bridgehead atoms. The molecule has 0 saturated heterocycles. The summed E-state index contributed by atoms with van der Waals surface area (Å²) < 4.78 is 4.96. The number of nitrogens with zero attached hydrogens (tertiary/aromatic N) is 1. The van der Waals surface area contributed by atoms with Crippen LogP contribution in [0.4, 0.5) is 17.1 Å². The maximum absolute atomic E-state index is 12.8. The van der Waals surface area contributed by atoms with Gasteiger partial charge in [-0.15, -0.1) is 0 Å². The Hall–Kier alpha value is -3.32. The zero-order chi connectivity index (χ0) is 20.8. The van der Waals surface area contributed by atoms with Crippen molar-refractivity contribution in [3.8, 4) is 0 Å². The van der Waals surface area contributed by atoms with E-state index in [2.05, 4.69) is 10.6 Å². The summed E-state index contributed by atoms with van der Waals surface area (Å²) in [5, 5.41) is 6.20. The van der Waals surface area contributed by atoms with Crippen LogP contribution in [0, 0.1) is 0 Å². The van der Waals surface area contributed by atoms with E-state index in [1.54, 1.807) is 55.5 Å². The van der Waals surface area contributed by atoms with Gasteiger partial charge in [-0.25, -0.2) is 0 Å². The van der Waals surface area contributed by atoms with Gasteiger partial charge >= 0.3 is 5.97 Å². The standard InChI is InChI=1S/C21H20ClN3O4/c1-2-29-21(28)12-14-11-20(27)25(18-10-6-5-9-17(18)23-14)13-19(26)24-16-8-4-3-7-15(16)22/h3-11,23H,2,12-13H2,1H3,(H,24,26). The van der Waals surface area contributed by atoms with E-state index in [0.29, 0.717) is 27.8 Å². The Labute approximate surface area is 173 Å². The molecule has 0 radical (unpaired) electrons. The summed E-state index contributed by atoms with van der Waals surface area (Å²) in [6.07, 6.45) is 1.23. The van der Waals surface area contributed by atoms with Crippen molar-refractivity contribution in [2.24, 2.45) is 0 Å². The molecule has 0 spiro atoms. The highest BCUT2D eigenvalue weighted by molar-refractivity contribution is 6.33. The largest absolute Gasteiger partial charge is 0.466 e. The minimum atomic E-state index is -0.443. The number of halogens is 1. The molecule has 29 heavy (non-hydrogen) atoms. The second-order valence-electron chi connectivity index (χ2n) is 6.25. The molecule has 0 unspecified atom stereocenters. The van der Waals surface area contributed by atoms with Gasteiger partial charge in [0.05, 0.1) is 35.1 Å². The number of para-hydroxylation sites is 3. The first kappa shape index (κ1) is 20.4. The highest BCUT2D eigenvalue weighted by Gasteiger charge is 2.25. The Balaban J connectivity index is 1.82. The lowest BCUT2D eigenvalue weighted by Gasteiger charge is -2.22. The summed E-state index contributed by atoms with van der Waals surface area (Å²) in [6, 6.07) is 13.9. The third-order valence-corrected chi connectivity index (χ3v) is 4.47. The van der Waals surface area contributed by atoms with Gasteiger partial charge < -0.3 is 15.4 Å². The fraction of sp³-hybridized carbons (Fsp3) is 0.190. The first-order chi connectivity index (χ1) is 14.0. The van der Waals surface area contributed by atoms with Crippen molar-refractivity contribution in [2.45, 2.75) is 13.3 Å². The molecular weight excluding hydrogens is 394 g/mol. The van der Waals surface area contributed by atoms with E-state index < -0.39 is 17.8 Å². The molecule has 1 aliphatic rings. The lowest BCUT2D eigenvalue weighted by atomic mass is 10.2. The molecule has 2 amide bonds. The summed E-state index contributed by atoms with van der Waals surface area (Å²) in [5.41, 5.74) is 2.00. The van der Waals surface area contributed by atoms with Crippen molar-refractivity contribution in [2.75, 3.05) is 28.7 Å². The molecular formula is C21H20ClN3O4. The van der Waals surface area contributed by atoms with Crippen molar-refractivity contribution in [1.82, 2.24) is 0 Å². The van der Waals surface area contributed by atoms with Crippen molar-refractivity contribution >= 4 is 46.4 Å². The van der Waals surface area contributed by atoms with Gasteiger partial charge in [-0.3, -0.25) is 19.3 Å². The van der Waals surface area contributed by atoms with E-state index in [-0.39, 0.29) is 19.6 Å². The minimum absolute atomic E-state index is 0.0758. The van der Waals surface area contributed by atoms with E-state index in [9.17, 15) is 14.4 Å². The van der Waals surface area contributed by atoms with Gasteiger partial charge in [-0.1, -0.05) is 35.9 Å². The second kappa shape index (κ2) is 9.25. The molecule has 2 N–H and O–H groups in total. The number of esters is 1. The highest BCUT2D eigenvalue weighted by atomic mass is 35.5. The monoisotopic (exact) mass is 413 g/mol. The lowest BCUT2D eigenvalue weighted by molar-refractivity contribution is -0.142. The molecule has 0 aromatic heterocycles. The van der Waals surface area contributed by atoms with Gasteiger partial charge in [-0.05, 0) is 31.2 Å². The fourth-order valence-electron chi connectivity index (χ4n) is 2.89. The van der Waals surface area contributed by atoms with E-state index in [0.717, 1.165) is 0 Å². The number of ether oxygens (including phenoxy) is 1. The summed E-state index contributed by atoms with van der Waals surface area (Å²) in [6.45, 7) is 1.75.